The van der Waals surface area contributed by atoms with Crippen LogP contribution in [-0.2, 0) is 32.9 Å². The summed E-state index contributed by atoms with van der Waals surface area (Å²) in [6.07, 6.45) is 4.97. The van der Waals surface area contributed by atoms with Gasteiger partial charge in [-0.3, -0.25) is 4.68 Å². The van der Waals surface area contributed by atoms with E-state index in [1.165, 1.54) is 33.3 Å². The van der Waals surface area contributed by atoms with Gasteiger partial charge >= 0.3 is 0 Å². The van der Waals surface area contributed by atoms with Gasteiger partial charge in [0.2, 0.25) is 0 Å². The maximum Gasteiger partial charge on any atom is 0.191 e. The van der Waals surface area contributed by atoms with E-state index in [1.807, 2.05) is 11.7 Å². The fourth-order valence-corrected chi connectivity index (χ4v) is 3.96. The molecule has 0 fully saturated rings. The average Bonchev–Trinajstić information content (AvgIpc) is 3.27. The highest BCUT2D eigenvalue weighted by atomic mass is 127. The Morgan fingerprint density at radius 3 is 2.67 bits per heavy atom. The molecule has 164 valence electrons. The van der Waals surface area contributed by atoms with E-state index in [0.717, 1.165) is 44.0 Å². The molecule has 0 saturated heterocycles. The number of guanidine groups is 1. The zero-order valence-corrected chi connectivity index (χ0v) is 21.1. The summed E-state index contributed by atoms with van der Waals surface area (Å²) in [5.74, 6) is 0.858. The molecule has 0 radical (unpaired) electrons. The molecule has 2 aromatic heterocycles. The lowest BCUT2D eigenvalue weighted by Crippen LogP contribution is -2.38. The fraction of sp³-hybridized carbons (Fsp3) is 0.478. The molecule has 3 N–H and O–H groups in total. The predicted molar refractivity (Wildman–Crippen MR) is 137 cm³/mol. The van der Waals surface area contributed by atoms with Crippen LogP contribution in [0.4, 0.5) is 0 Å². The summed E-state index contributed by atoms with van der Waals surface area (Å²) >= 11 is 0. The maximum absolute atomic E-state index is 4.84. The minimum absolute atomic E-state index is 0. The number of fused-ring (bicyclic) bond motifs is 1. The number of nitrogens with one attached hydrogen (secondary N) is 3. The van der Waals surface area contributed by atoms with Crippen molar-refractivity contribution in [1.29, 1.82) is 0 Å². The van der Waals surface area contributed by atoms with Crippen molar-refractivity contribution in [3.63, 3.8) is 0 Å². The van der Waals surface area contributed by atoms with Gasteiger partial charge in [-0.1, -0.05) is 32.0 Å². The molecule has 0 aliphatic rings. The van der Waals surface area contributed by atoms with Gasteiger partial charge in [-0.25, -0.2) is 4.99 Å². The Hall–Kier alpha value is -2.03. The summed E-state index contributed by atoms with van der Waals surface area (Å²) in [4.78, 5) is 8.25. The van der Waals surface area contributed by atoms with Gasteiger partial charge in [0.25, 0.3) is 0 Å². The number of aromatic nitrogens is 3. The molecule has 3 rings (SSSR count). The SMILES string of the molecule is CCNC(=NCc1c(CC)nn(C)c1CC)NCCc1c[nH]c2c(C)cccc12.I. The van der Waals surface area contributed by atoms with Crippen molar-refractivity contribution < 1.29 is 0 Å². The van der Waals surface area contributed by atoms with Crippen LogP contribution in [0.1, 0.15) is 48.8 Å². The van der Waals surface area contributed by atoms with Crippen LogP contribution in [0.15, 0.2) is 29.4 Å². The second kappa shape index (κ2) is 11.4. The van der Waals surface area contributed by atoms with Gasteiger partial charge in [0.05, 0.1) is 12.2 Å². The third-order valence-corrected chi connectivity index (χ3v) is 5.46. The molecule has 30 heavy (non-hydrogen) atoms. The highest BCUT2D eigenvalue weighted by Crippen LogP contribution is 2.21. The van der Waals surface area contributed by atoms with E-state index in [9.17, 15) is 0 Å². The molecule has 0 bridgehead atoms. The van der Waals surface area contributed by atoms with Crippen molar-refractivity contribution in [2.45, 2.75) is 53.5 Å². The van der Waals surface area contributed by atoms with E-state index in [0.29, 0.717) is 6.54 Å². The Morgan fingerprint density at radius 1 is 1.17 bits per heavy atom. The largest absolute Gasteiger partial charge is 0.361 e. The Labute approximate surface area is 197 Å². The molecule has 0 amide bonds. The second-order valence-electron chi connectivity index (χ2n) is 7.39. The smallest absolute Gasteiger partial charge is 0.191 e. The molecule has 0 aliphatic carbocycles. The van der Waals surface area contributed by atoms with E-state index in [2.05, 4.69) is 72.8 Å². The first-order valence-electron chi connectivity index (χ1n) is 10.7. The molecule has 0 atom stereocenters. The van der Waals surface area contributed by atoms with Crippen molar-refractivity contribution in [3.05, 3.63) is 52.5 Å². The van der Waals surface area contributed by atoms with Crippen molar-refractivity contribution >= 4 is 40.8 Å². The first-order valence-corrected chi connectivity index (χ1v) is 10.7. The molecule has 6 nitrogen and oxygen atoms in total. The topological polar surface area (TPSA) is 70.0 Å². The van der Waals surface area contributed by atoms with Crippen LogP contribution in [0.3, 0.4) is 0 Å². The number of para-hydroxylation sites is 1. The van der Waals surface area contributed by atoms with E-state index in [4.69, 9.17) is 4.99 Å². The number of H-pyrrole nitrogens is 1. The number of hydrogen-bond acceptors (Lipinski definition) is 2. The van der Waals surface area contributed by atoms with E-state index in [-0.39, 0.29) is 24.0 Å². The van der Waals surface area contributed by atoms with Gasteiger partial charge in [0.15, 0.2) is 5.96 Å². The second-order valence-corrected chi connectivity index (χ2v) is 7.39. The maximum atomic E-state index is 4.84. The zero-order valence-electron chi connectivity index (χ0n) is 18.8. The van der Waals surface area contributed by atoms with Crippen molar-refractivity contribution in [3.8, 4) is 0 Å². The van der Waals surface area contributed by atoms with Crippen LogP contribution < -0.4 is 10.6 Å². The molecule has 7 heteroatoms. The van der Waals surface area contributed by atoms with Crippen LogP contribution in [0.25, 0.3) is 10.9 Å². The first-order chi connectivity index (χ1) is 14.1. The van der Waals surface area contributed by atoms with Crippen LogP contribution in [0.5, 0.6) is 0 Å². The molecule has 0 unspecified atom stereocenters. The summed E-state index contributed by atoms with van der Waals surface area (Å²) in [5, 5.41) is 12.8. The highest BCUT2D eigenvalue weighted by molar-refractivity contribution is 14.0. The molecule has 1 aromatic carbocycles. The van der Waals surface area contributed by atoms with E-state index in [1.54, 1.807) is 0 Å². The Bertz CT molecular complexity index is 985. The summed E-state index contributed by atoms with van der Waals surface area (Å²) in [5.41, 5.74) is 7.54. The summed E-state index contributed by atoms with van der Waals surface area (Å²) in [6, 6.07) is 6.46. The number of aromatic amines is 1. The zero-order chi connectivity index (χ0) is 20.8. The molecule has 0 spiro atoms. The fourth-order valence-electron chi connectivity index (χ4n) is 3.96. The third-order valence-electron chi connectivity index (χ3n) is 5.46. The standard InChI is InChI=1S/C23H34N6.HI/c1-6-20-19(21(7-2)29(5)28-20)15-27-23(24-8-3)25-13-12-17-14-26-22-16(4)10-9-11-18(17)22;/h9-11,14,26H,6-8,12-13,15H2,1-5H3,(H2,24,25,27);1H. The predicted octanol–water partition coefficient (Wildman–Crippen LogP) is 4.25. The lowest BCUT2D eigenvalue weighted by Gasteiger charge is -2.11. The summed E-state index contributed by atoms with van der Waals surface area (Å²) < 4.78 is 2.00. The van der Waals surface area contributed by atoms with Crippen molar-refractivity contribution in [2.75, 3.05) is 13.1 Å². The third kappa shape index (κ3) is 5.36. The number of rotatable bonds is 8. The van der Waals surface area contributed by atoms with Crippen molar-refractivity contribution in [1.82, 2.24) is 25.4 Å². The number of nitrogens with zero attached hydrogens (tertiary/aromatic N) is 3. The van der Waals surface area contributed by atoms with Crippen LogP contribution in [-0.4, -0.2) is 33.8 Å². The first kappa shape index (κ1) is 24.2. The molecule has 0 saturated carbocycles. The lowest BCUT2D eigenvalue weighted by atomic mass is 10.1. The average molecular weight is 522 g/mol. The number of benzene rings is 1. The van der Waals surface area contributed by atoms with Crippen LogP contribution >= 0.6 is 24.0 Å². The van der Waals surface area contributed by atoms with Gasteiger partial charge in [-0.05, 0) is 44.2 Å². The van der Waals surface area contributed by atoms with Gasteiger partial charge in [-0.2, -0.15) is 5.10 Å². The van der Waals surface area contributed by atoms with Gasteiger partial charge < -0.3 is 15.6 Å². The van der Waals surface area contributed by atoms with Crippen LogP contribution in [0.2, 0.25) is 0 Å². The molecule has 2 heterocycles. The van der Waals surface area contributed by atoms with Gasteiger partial charge in [0, 0.05) is 48.5 Å². The quantitative estimate of drug-likeness (QED) is 0.235. The van der Waals surface area contributed by atoms with E-state index < -0.39 is 0 Å². The van der Waals surface area contributed by atoms with Crippen molar-refractivity contribution in [2.24, 2.45) is 12.0 Å². The lowest BCUT2D eigenvalue weighted by molar-refractivity contribution is 0.703. The molecular weight excluding hydrogens is 487 g/mol. The molecular formula is C23H35IN6. The minimum Gasteiger partial charge on any atom is -0.361 e. The number of aryl methyl sites for hydroxylation is 3. The Balaban J connectivity index is 0.00000320. The normalized spacial score (nSPS) is 11.6. The monoisotopic (exact) mass is 522 g/mol. The molecule has 3 aromatic rings. The van der Waals surface area contributed by atoms with Crippen LogP contribution in [0, 0.1) is 6.92 Å². The Kier molecular flexibility index (Phi) is 9.20. The number of hydrogen-bond donors (Lipinski definition) is 3. The molecule has 0 aliphatic heterocycles. The van der Waals surface area contributed by atoms with Gasteiger partial charge in [-0.15, -0.1) is 24.0 Å². The summed E-state index contributed by atoms with van der Waals surface area (Å²) in [6.45, 7) is 10.9. The number of halogens is 1. The van der Waals surface area contributed by atoms with E-state index >= 15 is 0 Å². The number of aliphatic imine (C=N–C) groups is 1. The highest BCUT2D eigenvalue weighted by Gasteiger charge is 2.13. The Morgan fingerprint density at radius 2 is 1.97 bits per heavy atom. The summed E-state index contributed by atoms with van der Waals surface area (Å²) in [7, 11) is 2.03. The van der Waals surface area contributed by atoms with Gasteiger partial charge in [0.1, 0.15) is 0 Å². The minimum atomic E-state index is 0.